The van der Waals surface area contributed by atoms with E-state index in [0.29, 0.717) is 36.7 Å². The van der Waals surface area contributed by atoms with Gasteiger partial charge in [-0.2, -0.15) is 4.98 Å². The first kappa shape index (κ1) is 19.4. The summed E-state index contributed by atoms with van der Waals surface area (Å²) in [4.78, 5) is 24.8. The number of carbonyl (C=O) groups excluding carboxylic acids is 1. The normalized spacial score (nSPS) is 17.8. The number of carbonyl (C=O) groups is 1. The van der Waals surface area contributed by atoms with E-state index in [-0.39, 0.29) is 11.6 Å². The Morgan fingerprint density at radius 3 is 2.83 bits per heavy atom. The average Bonchev–Trinajstić information content (AvgIpc) is 3.37. The summed E-state index contributed by atoms with van der Waals surface area (Å²) in [5, 5.41) is 13.0. The van der Waals surface area contributed by atoms with E-state index in [0.717, 1.165) is 27.7 Å². The Bertz CT molecular complexity index is 1020. The van der Waals surface area contributed by atoms with Crippen LogP contribution in [0.4, 0.5) is 5.82 Å². The summed E-state index contributed by atoms with van der Waals surface area (Å²) in [6.07, 6.45) is 2.94. The van der Waals surface area contributed by atoms with Crippen LogP contribution in [0.1, 0.15) is 51.2 Å². The molecule has 2 atom stereocenters. The molecule has 9 heteroatoms. The van der Waals surface area contributed by atoms with E-state index in [2.05, 4.69) is 42.6 Å². The largest absolute Gasteiger partial charge is 0.477 e. The molecule has 1 fully saturated rings. The molecule has 0 bridgehead atoms. The van der Waals surface area contributed by atoms with E-state index in [1.165, 1.54) is 18.3 Å². The number of aromatic nitrogens is 5. The molecule has 3 heterocycles. The third-order valence-electron chi connectivity index (χ3n) is 4.69. The highest BCUT2D eigenvalue weighted by Crippen LogP contribution is 2.46. The van der Waals surface area contributed by atoms with Gasteiger partial charge >= 0.3 is 0 Å². The number of rotatable bonds is 8. The minimum Gasteiger partial charge on any atom is -0.477 e. The van der Waals surface area contributed by atoms with Gasteiger partial charge in [-0.3, -0.25) is 9.78 Å². The van der Waals surface area contributed by atoms with Crippen LogP contribution in [-0.2, 0) is 6.54 Å². The van der Waals surface area contributed by atoms with Crippen molar-refractivity contribution >= 4 is 22.9 Å². The Kier molecular flexibility index (Phi) is 5.48. The molecule has 3 aromatic heterocycles. The van der Waals surface area contributed by atoms with E-state index in [4.69, 9.17) is 4.74 Å². The summed E-state index contributed by atoms with van der Waals surface area (Å²) < 4.78 is 5.90. The molecule has 1 aliphatic carbocycles. The van der Waals surface area contributed by atoms with Gasteiger partial charge in [-0.1, -0.05) is 17.4 Å². The lowest BCUT2D eigenvalue weighted by Gasteiger charge is -2.09. The summed E-state index contributed by atoms with van der Waals surface area (Å²) in [6, 6.07) is 5.87. The first-order chi connectivity index (χ1) is 14.0. The maximum absolute atomic E-state index is 11.8. The van der Waals surface area contributed by atoms with Crippen LogP contribution in [0.15, 0.2) is 24.4 Å². The van der Waals surface area contributed by atoms with Crippen LogP contribution in [0, 0.1) is 19.8 Å². The molecule has 1 N–H and O–H groups in total. The molecule has 1 aliphatic rings. The Morgan fingerprint density at radius 1 is 1.28 bits per heavy atom. The number of nitrogens with zero attached hydrogens (tertiary/aromatic N) is 5. The summed E-state index contributed by atoms with van der Waals surface area (Å²) in [6.45, 7) is 6.39. The zero-order valence-electron chi connectivity index (χ0n) is 16.5. The van der Waals surface area contributed by atoms with Gasteiger partial charge in [0, 0.05) is 36.7 Å². The summed E-state index contributed by atoms with van der Waals surface area (Å²) in [7, 11) is 0. The molecule has 0 aromatic carbocycles. The minimum absolute atomic E-state index is 0.131. The van der Waals surface area contributed by atoms with Crippen LogP contribution in [-0.4, -0.2) is 37.5 Å². The van der Waals surface area contributed by atoms with Gasteiger partial charge in [0.1, 0.15) is 15.8 Å². The Balaban J connectivity index is 1.39. The molecular formula is C20H22N6O2S. The highest BCUT2D eigenvalue weighted by Gasteiger charge is 2.40. The number of ketones is 1. The third-order valence-corrected chi connectivity index (χ3v) is 5.53. The van der Waals surface area contributed by atoms with Gasteiger partial charge in [-0.15, -0.1) is 10.2 Å². The standard InChI is InChI=1S/C20H22N6O2S/c1-11-4-5-16(21-8-11)15-6-14(15)10-28-18-7-17(23-20(24-18)12(2)27)22-9-19-26-25-13(3)29-19/h4-5,7-8,14-15H,6,9-10H2,1-3H3,(H,22,23,24)/t14-,15+/m0/s1. The summed E-state index contributed by atoms with van der Waals surface area (Å²) >= 11 is 1.51. The SMILES string of the molecule is CC(=O)c1nc(NCc2nnc(C)s2)cc(OC[C@@H]2C[C@H]2c2ccc(C)cn2)n1. The van der Waals surface area contributed by atoms with Crippen LogP contribution < -0.4 is 10.1 Å². The maximum Gasteiger partial charge on any atom is 0.219 e. The maximum atomic E-state index is 11.8. The number of pyridine rings is 1. The first-order valence-corrected chi connectivity index (χ1v) is 10.3. The van der Waals surface area contributed by atoms with Gasteiger partial charge in [-0.05, 0) is 31.9 Å². The second kappa shape index (κ2) is 8.20. The van der Waals surface area contributed by atoms with Crippen LogP contribution in [0.2, 0.25) is 0 Å². The number of hydrogen-bond donors (Lipinski definition) is 1. The third kappa shape index (κ3) is 4.92. The Hall–Kier alpha value is -2.94. The molecule has 0 saturated heterocycles. The highest BCUT2D eigenvalue weighted by atomic mass is 32.1. The van der Waals surface area contributed by atoms with Crippen LogP contribution >= 0.6 is 11.3 Å². The number of hydrogen-bond acceptors (Lipinski definition) is 9. The number of nitrogens with one attached hydrogen (secondary N) is 1. The van der Waals surface area contributed by atoms with E-state index in [1.807, 2.05) is 20.0 Å². The highest BCUT2D eigenvalue weighted by molar-refractivity contribution is 7.11. The molecule has 8 nitrogen and oxygen atoms in total. The van der Waals surface area contributed by atoms with Crippen molar-refractivity contribution in [2.24, 2.45) is 5.92 Å². The minimum atomic E-state index is -0.210. The molecule has 0 aliphatic heterocycles. The molecule has 1 saturated carbocycles. The van der Waals surface area contributed by atoms with E-state index in [1.54, 1.807) is 6.07 Å². The lowest BCUT2D eigenvalue weighted by Crippen LogP contribution is -2.10. The van der Waals surface area contributed by atoms with E-state index in [9.17, 15) is 4.79 Å². The van der Waals surface area contributed by atoms with Crippen molar-refractivity contribution in [2.75, 3.05) is 11.9 Å². The predicted molar refractivity (Wildman–Crippen MR) is 109 cm³/mol. The molecule has 0 unspecified atom stereocenters. The Morgan fingerprint density at radius 2 is 2.14 bits per heavy atom. The van der Waals surface area contributed by atoms with Crippen molar-refractivity contribution in [1.82, 2.24) is 25.1 Å². The molecule has 0 radical (unpaired) electrons. The zero-order valence-corrected chi connectivity index (χ0v) is 17.4. The molecule has 150 valence electrons. The fourth-order valence-corrected chi connectivity index (χ4v) is 3.66. The quantitative estimate of drug-likeness (QED) is 0.564. The second-order valence-corrected chi connectivity index (χ2v) is 8.48. The van der Waals surface area contributed by atoms with Gasteiger partial charge in [0.25, 0.3) is 0 Å². The molecule has 29 heavy (non-hydrogen) atoms. The number of aryl methyl sites for hydroxylation is 2. The van der Waals surface area contributed by atoms with Crippen molar-refractivity contribution in [3.8, 4) is 5.88 Å². The van der Waals surface area contributed by atoms with Gasteiger partial charge in [0.15, 0.2) is 5.78 Å². The van der Waals surface area contributed by atoms with Gasteiger partial charge in [0.05, 0.1) is 13.2 Å². The van der Waals surface area contributed by atoms with Gasteiger partial charge in [-0.25, -0.2) is 4.98 Å². The van der Waals surface area contributed by atoms with Gasteiger partial charge < -0.3 is 10.1 Å². The molecule has 4 rings (SSSR count). The number of ether oxygens (including phenoxy) is 1. The van der Waals surface area contributed by atoms with Crippen molar-refractivity contribution in [2.45, 2.75) is 39.7 Å². The van der Waals surface area contributed by atoms with Crippen LogP contribution in [0.3, 0.4) is 0 Å². The topological polar surface area (TPSA) is 103 Å². The monoisotopic (exact) mass is 410 g/mol. The first-order valence-electron chi connectivity index (χ1n) is 9.46. The summed E-state index contributed by atoms with van der Waals surface area (Å²) in [5.41, 5.74) is 2.26. The van der Waals surface area contributed by atoms with Crippen molar-refractivity contribution in [3.05, 3.63) is 51.5 Å². The predicted octanol–water partition coefficient (Wildman–Crippen LogP) is 3.34. The Labute approximate surface area is 172 Å². The van der Waals surface area contributed by atoms with Crippen molar-refractivity contribution in [1.29, 1.82) is 0 Å². The number of Topliss-reactive ketones (excluding diaryl/α,β-unsaturated/α-hetero) is 1. The van der Waals surface area contributed by atoms with Gasteiger partial charge in [0.2, 0.25) is 11.7 Å². The lowest BCUT2D eigenvalue weighted by molar-refractivity contribution is 0.100. The van der Waals surface area contributed by atoms with Crippen molar-refractivity contribution < 1.29 is 9.53 Å². The molecule has 3 aromatic rings. The molecule has 0 amide bonds. The molecular weight excluding hydrogens is 388 g/mol. The second-order valence-electron chi connectivity index (χ2n) is 7.21. The zero-order chi connectivity index (χ0) is 20.4. The smallest absolute Gasteiger partial charge is 0.219 e. The fraction of sp³-hybridized carbons (Fsp3) is 0.400. The van der Waals surface area contributed by atoms with E-state index < -0.39 is 0 Å². The van der Waals surface area contributed by atoms with Crippen molar-refractivity contribution in [3.63, 3.8) is 0 Å². The average molecular weight is 411 g/mol. The molecule has 0 spiro atoms. The lowest BCUT2D eigenvalue weighted by atomic mass is 10.2. The summed E-state index contributed by atoms with van der Waals surface area (Å²) in [5.74, 6) is 1.67. The van der Waals surface area contributed by atoms with Crippen LogP contribution in [0.5, 0.6) is 5.88 Å². The van der Waals surface area contributed by atoms with E-state index >= 15 is 0 Å². The number of anilines is 1. The van der Waals surface area contributed by atoms with Crippen LogP contribution in [0.25, 0.3) is 0 Å². The fourth-order valence-electron chi connectivity index (χ4n) is 3.01.